The molecule has 0 amide bonds. The average Bonchev–Trinajstić information content (AvgIpc) is 2.53. The summed E-state index contributed by atoms with van der Waals surface area (Å²) in [5, 5.41) is 12.7. The van der Waals surface area contributed by atoms with Gasteiger partial charge in [-0.25, -0.2) is 0 Å². The summed E-state index contributed by atoms with van der Waals surface area (Å²) in [7, 11) is 2.08. The zero-order valence-electron chi connectivity index (χ0n) is 12.2. The van der Waals surface area contributed by atoms with Crippen LogP contribution in [-0.2, 0) is 6.54 Å². The maximum absolute atomic E-state index is 8.64. The Morgan fingerprint density at radius 3 is 2.48 bits per heavy atom. The van der Waals surface area contributed by atoms with Crippen LogP contribution in [0, 0.1) is 0 Å². The second-order valence-electron chi connectivity index (χ2n) is 4.82. The number of rotatable bonds is 7. The Bertz CT molecular complexity index is 552. The van der Waals surface area contributed by atoms with E-state index in [0.29, 0.717) is 6.54 Å². The van der Waals surface area contributed by atoms with E-state index in [2.05, 4.69) is 58.9 Å². The average molecular weight is 283 g/mol. The fourth-order valence-electron chi connectivity index (χ4n) is 2.00. The molecule has 0 unspecified atom stereocenters. The molecule has 0 aliphatic carbocycles. The summed E-state index contributed by atoms with van der Waals surface area (Å²) < 4.78 is 0. The van der Waals surface area contributed by atoms with E-state index in [0.717, 1.165) is 12.1 Å². The molecule has 4 nitrogen and oxygen atoms in total. The third-order valence-electron chi connectivity index (χ3n) is 3.12. The molecule has 2 N–H and O–H groups in total. The van der Waals surface area contributed by atoms with Crippen molar-refractivity contribution in [3.05, 3.63) is 65.7 Å². The van der Waals surface area contributed by atoms with E-state index in [1.807, 2.05) is 18.2 Å². The molecule has 0 saturated carbocycles. The van der Waals surface area contributed by atoms with Gasteiger partial charge in [0.05, 0.1) is 19.4 Å². The number of nitrogens with zero attached hydrogens (tertiary/aromatic N) is 2. The van der Waals surface area contributed by atoms with Crippen molar-refractivity contribution in [2.24, 2.45) is 5.10 Å². The third-order valence-corrected chi connectivity index (χ3v) is 3.12. The molecule has 4 heteroatoms. The zero-order chi connectivity index (χ0) is 14.9. The molecule has 0 spiro atoms. The molecule has 0 aliphatic rings. The number of hydrazone groups is 1. The minimum Gasteiger partial charge on any atom is -0.394 e. The van der Waals surface area contributed by atoms with Crippen LogP contribution < -0.4 is 10.3 Å². The van der Waals surface area contributed by atoms with Crippen molar-refractivity contribution in [2.75, 3.05) is 25.1 Å². The second-order valence-corrected chi connectivity index (χ2v) is 4.82. The number of hydrogen-bond donors (Lipinski definition) is 2. The summed E-state index contributed by atoms with van der Waals surface area (Å²) in [5.74, 6) is 0. The molecular weight excluding hydrogens is 262 g/mol. The number of aliphatic hydroxyl groups is 1. The highest BCUT2D eigenvalue weighted by molar-refractivity contribution is 5.80. The SMILES string of the molecule is CN(Cc1ccccc1)c1ccc(C=NNCCO)cc1. The van der Waals surface area contributed by atoms with Gasteiger partial charge in [0.15, 0.2) is 0 Å². The molecule has 2 rings (SSSR count). The second kappa shape index (κ2) is 8.07. The Morgan fingerprint density at radius 2 is 1.81 bits per heavy atom. The van der Waals surface area contributed by atoms with Crippen molar-refractivity contribution in [3.8, 4) is 0 Å². The lowest BCUT2D eigenvalue weighted by molar-refractivity contribution is 0.294. The molecule has 2 aromatic rings. The van der Waals surface area contributed by atoms with Gasteiger partial charge in [0.25, 0.3) is 0 Å². The van der Waals surface area contributed by atoms with Crippen LogP contribution >= 0.6 is 0 Å². The van der Waals surface area contributed by atoms with E-state index >= 15 is 0 Å². The Kier molecular flexibility index (Phi) is 5.79. The lowest BCUT2D eigenvalue weighted by atomic mass is 10.2. The standard InChI is InChI=1S/C17H21N3O/c1-20(14-16-5-3-2-4-6-16)17-9-7-15(8-10-17)13-19-18-11-12-21/h2-10,13,18,21H,11-12,14H2,1H3. The number of aliphatic hydroxyl groups excluding tert-OH is 1. The van der Waals surface area contributed by atoms with Gasteiger partial charge in [-0.2, -0.15) is 5.10 Å². The predicted octanol–water partition coefficient (Wildman–Crippen LogP) is 2.24. The number of nitrogens with one attached hydrogen (secondary N) is 1. The number of benzene rings is 2. The third kappa shape index (κ3) is 4.93. The molecule has 21 heavy (non-hydrogen) atoms. The molecule has 0 atom stereocenters. The van der Waals surface area contributed by atoms with Gasteiger partial charge in [0, 0.05) is 19.3 Å². The first kappa shape index (κ1) is 15.1. The molecule has 2 aromatic carbocycles. The van der Waals surface area contributed by atoms with Gasteiger partial charge in [-0.3, -0.25) is 0 Å². The first-order chi connectivity index (χ1) is 10.3. The maximum Gasteiger partial charge on any atom is 0.0620 e. The highest BCUT2D eigenvalue weighted by atomic mass is 16.3. The molecule has 0 aromatic heterocycles. The fourth-order valence-corrected chi connectivity index (χ4v) is 2.00. The van der Waals surface area contributed by atoms with Crippen LogP contribution in [0.2, 0.25) is 0 Å². The Balaban J connectivity index is 1.93. The van der Waals surface area contributed by atoms with E-state index in [-0.39, 0.29) is 6.61 Å². The van der Waals surface area contributed by atoms with Crippen molar-refractivity contribution in [1.82, 2.24) is 5.43 Å². The zero-order valence-corrected chi connectivity index (χ0v) is 12.2. The summed E-state index contributed by atoms with van der Waals surface area (Å²) in [6.45, 7) is 1.43. The van der Waals surface area contributed by atoms with E-state index in [4.69, 9.17) is 5.11 Å². The first-order valence-electron chi connectivity index (χ1n) is 7.01. The lowest BCUT2D eigenvalue weighted by Gasteiger charge is -2.19. The van der Waals surface area contributed by atoms with Gasteiger partial charge >= 0.3 is 0 Å². The summed E-state index contributed by atoms with van der Waals surface area (Å²) in [6, 6.07) is 18.6. The van der Waals surface area contributed by atoms with Crippen molar-refractivity contribution >= 4 is 11.9 Å². The van der Waals surface area contributed by atoms with Crippen LogP contribution in [0.4, 0.5) is 5.69 Å². The Labute approximate surface area is 125 Å². The van der Waals surface area contributed by atoms with Crippen LogP contribution in [0.5, 0.6) is 0 Å². The highest BCUT2D eigenvalue weighted by Crippen LogP contribution is 2.15. The molecule has 0 aliphatic heterocycles. The van der Waals surface area contributed by atoms with E-state index in [9.17, 15) is 0 Å². The van der Waals surface area contributed by atoms with E-state index in [1.54, 1.807) is 6.21 Å². The molecule has 0 fully saturated rings. The van der Waals surface area contributed by atoms with Crippen LogP contribution in [0.1, 0.15) is 11.1 Å². The summed E-state index contributed by atoms with van der Waals surface area (Å²) >= 11 is 0. The van der Waals surface area contributed by atoms with Crippen molar-refractivity contribution in [1.29, 1.82) is 0 Å². The Morgan fingerprint density at radius 1 is 1.10 bits per heavy atom. The summed E-state index contributed by atoms with van der Waals surface area (Å²) in [4.78, 5) is 2.21. The van der Waals surface area contributed by atoms with Crippen molar-refractivity contribution in [2.45, 2.75) is 6.54 Å². The van der Waals surface area contributed by atoms with Gasteiger partial charge < -0.3 is 15.4 Å². The monoisotopic (exact) mass is 283 g/mol. The van der Waals surface area contributed by atoms with Crippen molar-refractivity contribution < 1.29 is 5.11 Å². The van der Waals surface area contributed by atoms with Gasteiger partial charge in [-0.15, -0.1) is 0 Å². The molecule has 0 radical (unpaired) electrons. The molecule has 0 bridgehead atoms. The molecule has 0 saturated heterocycles. The van der Waals surface area contributed by atoms with E-state index < -0.39 is 0 Å². The van der Waals surface area contributed by atoms with Crippen LogP contribution in [0.25, 0.3) is 0 Å². The van der Waals surface area contributed by atoms with Gasteiger partial charge in [0.2, 0.25) is 0 Å². The van der Waals surface area contributed by atoms with Crippen molar-refractivity contribution in [3.63, 3.8) is 0 Å². The van der Waals surface area contributed by atoms with Gasteiger partial charge in [-0.1, -0.05) is 42.5 Å². The largest absolute Gasteiger partial charge is 0.394 e. The fraction of sp³-hybridized carbons (Fsp3) is 0.235. The predicted molar refractivity (Wildman–Crippen MR) is 87.7 cm³/mol. The quantitative estimate of drug-likeness (QED) is 0.465. The smallest absolute Gasteiger partial charge is 0.0620 e. The van der Waals surface area contributed by atoms with E-state index in [1.165, 1.54) is 11.3 Å². The van der Waals surface area contributed by atoms with Crippen LogP contribution in [0.15, 0.2) is 59.7 Å². The lowest BCUT2D eigenvalue weighted by Crippen LogP contribution is -2.16. The topological polar surface area (TPSA) is 47.9 Å². The minimum absolute atomic E-state index is 0.0839. The summed E-state index contributed by atoms with van der Waals surface area (Å²) in [6.07, 6.45) is 1.75. The summed E-state index contributed by atoms with van der Waals surface area (Å²) in [5.41, 5.74) is 6.24. The number of hydrogen-bond acceptors (Lipinski definition) is 4. The normalized spacial score (nSPS) is 10.8. The maximum atomic E-state index is 8.64. The Hall–Kier alpha value is -2.33. The van der Waals surface area contributed by atoms with Gasteiger partial charge in [-0.05, 0) is 23.3 Å². The van der Waals surface area contributed by atoms with Crippen LogP contribution in [0.3, 0.4) is 0 Å². The molecule has 0 heterocycles. The highest BCUT2D eigenvalue weighted by Gasteiger charge is 2.01. The molecule has 110 valence electrons. The molecular formula is C17H21N3O. The van der Waals surface area contributed by atoms with Crippen LogP contribution in [-0.4, -0.2) is 31.5 Å². The minimum atomic E-state index is 0.0839. The van der Waals surface area contributed by atoms with Gasteiger partial charge in [0.1, 0.15) is 0 Å². The number of anilines is 1. The first-order valence-corrected chi connectivity index (χ1v) is 7.01.